The van der Waals surface area contributed by atoms with E-state index in [9.17, 15) is 9.59 Å². The summed E-state index contributed by atoms with van der Waals surface area (Å²) in [6.07, 6.45) is 2.33. The smallest absolute Gasteiger partial charge is 0.326 e. The standard InChI is InChI=1S/C15H33N5O3S/c1-3-17-6-7-18-8-10-20(9-5-16)12-14(21)19-13(15(22)23)4-11-24-2/h13,17-18H,3-12,16H2,1-2H3,(H,19,21)(H,22,23). The van der Waals surface area contributed by atoms with Crippen LogP contribution >= 0.6 is 11.8 Å². The van der Waals surface area contributed by atoms with Crippen LogP contribution in [0.5, 0.6) is 0 Å². The van der Waals surface area contributed by atoms with E-state index in [-0.39, 0.29) is 12.5 Å². The summed E-state index contributed by atoms with van der Waals surface area (Å²) in [6.45, 7) is 7.45. The lowest BCUT2D eigenvalue weighted by molar-refractivity contribution is -0.142. The van der Waals surface area contributed by atoms with Gasteiger partial charge in [-0.05, 0) is 25.0 Å². The van der Waals surface area contributed by atoms with Crippen molar-refractivity contribution in [3.8, 4) is 0 Å². The molecule has 9 heteroatoms. The molecule has 0 saturated heterocycles. The van der Waals surface area contributed by atoms with Crippen molar-refractivity contribution in [3.63, 3.8) is 0 Å². The van der Waals surface area contributed by atoms with E-state index in [1.165, 1.54) is 0 Å². The minimum Gasteiger partial charge on any atom is -0.480 e. The second-order valence-corrected chi connectivity index (χ2v) is 6.39. The first-order chi connectivity index (χ1) is 11.5. The average Bonchev–Trinajstić information content (AvgIpc) is 2.54. The van der Waals surface area contributed by atoms with Crippen molar-refractivity contribution < 1.29 is 14.7 Å². The van der Waals surface area contributed by atoms with E-state index in [0.717, 1.165) is 26.2 Å². The third kappa shape index (κ3) is 12.5. The molecule has 0 rings (SSSR count). The van der Waals surface area contributed by atoms with Gasteiger partial charge in [0.25, 0.3) is 0 Å². The van der Waals surface area contributed by atoms with Gasteiger partial charge >= 0.3 is 5.97 Å². The van der Waals surface area contributed by atoms with Crippen LogP contribution in [0, 0.1) is 0 Å². The van der Waals surface area contributed by atoms with Crippen molar-refractivity contribution in [1.29, 1.82) is 0 Å². The number of nitrogens with zero attached hydrogens (tertiary/aromatic N) is 1. The third-order valence-electron chi connectivity index (χ3n) is 3.39. The fraction of sp³-hybridized carbons (Fsp3) is 0.867. The van der Waals surface area contributed by atoms with Crippen molar-refractivity contribution in [1.82, 2.24) is 20.9 Å². The number of amides is 1. The molecule has 6 N–H and O–H groups in total. The fourth-order valence-corrected chi connectivity index (χ4v) is 2.58. The van der Waals surface area contributed by atoms with Crippen LogP contribution in [0.25, 0.3) is 0 Å². The molecule has 1 unspecified atom stereocenters. The first-order valence-corrected chi connectivity index (χ1v) is 9.79. The van der Waals surface area contributed by atoms with Crippen LogP contribution in [0.1, 0.15) is 13.3 Å². The second kappa shape index (κ2) is 15.6. The molecule has 0 aromatic carbocycles. The highest BCUT2D eigenvalue weighted by Gasteiger charge is 2.20. The summed E-state index contributed by atoms with van der Waals surface area (Å²) in [5, 5.41) is 18.3. The number of aliphatic carboxylic acids is 1. The van der Waals surface area contributed by atoms with Crippen molar-refractivity contribution >= 4 is 23.6 Å². The van der Waals surface area contributed by atoms with E-state index in [1.54, 1.807) is 11.8 Å². The number of hydrogen-bond donors (Lipinski definition) is 5. The van der Waals surface area contributed by atoms with Crippen LogP contribution in [-0.4, -0.2) is 92.3 Å². The Bertz CT molecular complexity index is 347. The number of likely N-dealkylation sites (N-methyl/N-ethyl adjacent to an activating group) is 1. The molecule has 24 heavy (non-hydrogen) atoms. The van der Waals surface area contributed by atoms with E-state index >= 15 is 0 Å². The highest BCUT2D eigenvalue weighted by molar-refractivity contribution is 7.98. The quantitative estimate of drug-likeness (QED) is 0.216. The topological polar surface area (TPSA) is 120 Å². The third-order valence-corrected chi connectivity index (χ3v) is 4.03. The molecule has 0 aliphatic carbocycles. The van der Waals surface area contributed by atoms with Crippen molar-refractivity contribution in [2.24, 2.45) is 5.73 Å². The Balaban J connectivity index is 4.17. The van der Waals surface area contributed by atoms with E-state index in [0.29, 0.717) is 31.8 Å². The average molecular weight is 364 g/mol. The van der Waals surface area contributed by atoms with Crippen LogP contribution in [-0.2, 0) is 9.59 Å². The summed E-state index contributed by atoms with van der Waals surface area (Å²) in [6, 6.07) is -0.831. The van der Waals surface area contributed by atoms with Gasteiger partial charge in [0, 0.05) is 39.3 Å². The molecular formula is C15H33N5O3S. The summed E-state index contributed by atoms with van der Waals surface area (Å²) in [7, 11) is 0. The Morgan fingerprint density at radius 1 is 1.21 bits per heavy atom. The van der Waals surface area contributed by atoms with Gasteiger partial charge < -0.3 is 26.8 Å². The summed E-state index contributed by atoms with van der Waals surface area (Å²) in [5.74, 6) is -0.572. The maximum Gasteiger partial charge on any atom is 0.326 e. The number of carbonyl (C=O) groups excluding carboxylic acids is 1. The summed E-state index contributed by atoms with van der Waals surface area (Å²) in [4.78, 5) is 25.2. The fourth-order valence-electron chi connectivity index (χ4n) is 2.10. The van der Waals surface area contributed by atoms with Crippen molar-refractivity contribution in [3.05, 3.63) is 0 Å². The minimum atomic E-state index is -0.993. The number of nitrogens with two attached hydrogens (primary N) is 1. The summed E-state index contributed by atoms with van der Waals surface area (Å²) >= 11 is 1.56. The molecular weight excluding hydrogens is 330 g/mol. The molecule has 8 nitrogen and oxygen atoms in total. The summed E-state index contributed by atoms with van der Waals surface area (Å²) < 4.78 is 0. The van der Waals surface area contributed by atoms with Gasteiger partial charge in [0.1, 0.15) is 6.04 Å². The van der Waals surface area contributed by atoms with Crippen LogP contribution < -0.4 is 21.7 Å². The molecule has 0 fully saturated rings. The molecule has 0 aromatic heterocycles. The van der Waals surface area contributed by atoms with Gasteiger partial charge in [-0.15, -0.1) is 0 Å². The van der Waals surface area contributed by atoms with E-state index in [2.05, 4.69) is 22.9 Å². The number of carboxylic acids is 1. The van der Waals surface area contributed by atoms with E-state index < -0.39 is 12.0 Å². The Hall–Kier alpha value is -0.870. The minimum absolute atomic E-state index is 0.162. The molecule has 0 aliphatic heterocycles. The highest BCUT2D eigenvalue weighted by atomic mass is 32.2. The van der Waals surface area contributed by atoms with E-state index in [1.807, 2.05) is 11.2 Å². The molecule has 142 valence electrons. The largest absolute Gasteiger partial charge is 0.480 e. The first kappa shape index (κ1) is 23.1. The molecule has 0 spiro atoms. The van der Waals surface area contributed by atoms with Gasteiger partial charge in [-0.25, -0.2) is 4.79 Å². The molecule has 1 atom stereocenters. The van der Waals surface area contributed by atoms with Crippen molar-refractivity contribution in [2.75, 3.05) is 64.4 Å². The first-order valence-electron chi connectivity index (χ1n) is 8.40. The van der Waals surface area contributed by atoms with Crippen molar-refractivity contribution in [2.45, 2.75) is 19.4 Å². The monoisotopic (exact) mass is 363 g/mol. The van der Waals surface area contributed by atoms with Gasteiger partial charge in [-0.1, -0.05) is 6.92 Å². The number of carboxylic acid groups (broad SMARTS) is 1. The van der Waals surface area contributed by atoms with Gasteiger partial charge in [0.05, 0.1) is 6.54 Å². The molecule has 0 heterocycles. The van der Waals surface area contributed by atoms with E-state index in [4.69, 9.17) is 10.8 Å². The SMILES string of the molecule is CCNCCNCCN(CCN)CC(=O)NC(CCSC)C(=O)O. The predicted octanol–water partition coefficient (Wildman–Crippen LogP) is -1.23. The lowest BCUT2D eigenvalue weighted by Crippen LogP contribution is -2.47. The normalized spacial score (nSPS) is 12.3. The van der Waals surface area contributed by atoms with Gasteiger partial charge in [0.2, 0.25) is 5.91 Å². The molecule has 1 amide bonds. The second-order valence-electron chi connectivity index (χ2n) is 5.41. The lowest BCUT2D eigenvalue weighted by atomic mass is 10.2. The zero-order valence-corrected chi connectivity index (χ0v) is 15.7. The Labute approximate surface area is 149 Å². The maximum absolute atomic E-state index is 12.1. The lowest BCUT2D eigenvalue weighted by Gasteiger charge is -2.22. The maximum atomic E-state index is 12.1. The predicted molar refractivity (Wildman–Crippen MR) is 99.5 cm³/mol. The van der Waals surface area contributed by atoms with Crippen LogP contribution in [0.4, 0.5) is 0 Å². The Morgan fingerprint density at radius 2 is 1.92 bits per heavy atom. The number of rotatable bonds is 16. The zero-order chi connectivity index (χ0) is 18.2. The van der Waals surface area contributed by atoms with Gasteiger partial charge in [-0.2, -0.15) is 11.8 Å². The Kier molecular flexibility index (Phi) is 15.1. The molecule has 0 bridgehead atoms. The Morgan fingerprint density at radius 3 is 2.50 bits per heavy atom. The molecule has 0 radical (unpaired) electrons. The highest BCUT2D eigenvalue weighted by Crippen LogP contribution is 2.01. The van der Waals surface area contributed by atoms with Crippen LogP contribution in [0.15, 0.2) is 0 Å². The number of hydrogen-bond acceptors (Lipinski definition) is 7. The van der Waals surface area contributed by atoms with Gasteiger partial charge in [-0.3, -0.25) is 9.69 Å². The number of thioether (sulfide) groups is 1. The summed E-state index contributed by atoms with van der Waals surface area (Å²) in [5.41, 5.74) is 5.59. The zero-order valence-electron chi connectivity index (χ0n) is 14.8. The molecule has 0 aromatic rings. The molecule has 0 saturated carbocycles. The number of nitrogens with one attached hydrogen (secondary N) is 3. The van der Waals surface area contributed by atoms with Gasteiger partial charge in [0.15, 0.2) is 0 Å². The van der Waals surface area contributed by atoms with Crippen LogP contribution in [0.3, 0.4) is 0 Å². The molecule has 0 aliphatic rings. The number of carbonyl (C=O) groups is 2. The van der Waals surface area contributed by atoms with Crippen LogP contribution in [0.2, 0.25) is 0 Å².